The highest BCUT2D eigenvalue weighted by Crippen LogP contribution is 2.51. The van der Waals surface area contributed by atoms with Gasteiger partial charge in [0.25, 0.3) is 5.60 Å². The highest BCUT2D eigenvalue weighted by atomic mass is 32.1. The zero-order valence-corrected chi connectivity index (χ0v) is 10.6. The van der Waals surface area contributed by atoms with Gasteiger partial charge in [-0.05, 0) is 0 Å². The second kappa shape index (κ2) is 5.20. The number of carbonyl (C=O) groups excluding carboxylic acids is 1. The summed E-state index contributed by atoms with van der Waals surface area (Å²) in [6, 6.07) is 0. The molecule has 0 spiro atoms. The third kappa shape index (κ3) is 2.87. The van der Waals surface area contributed by atoms with E-state index in [4.69, 9.17) is 5.11 Å². The fraction of sp³-hybridized carbons (Fsp3) is 0.556. The quantitative estimate of drug-likeness (QED) is 0.841. The molecule has 1 amide bonds. The molecule has 0 radical (unpaired) electrons. The highest BCUT2D eigenvalue weighted by molar-refractivity contribution is 7.15. The lowest BCUT2D eigenvalue weighted by molar-refractivity contribution is -0.375. The number of amides is 1. The van der Waals surface area contributed by atoms with Crippen molar-refractivity contribution in [1.29, 1.82) is 0 Å². The summed E-state index contributed by atoms with van der Waals surface area (Å²) in [4.78, 5) is 12.7. The van der Waals surface area contributed by atoms with Gasteiger partial charge in [0.15, 0.2) is 5.13 Å². The van der Waals surface area contributed by atoms with E-state index in [1.807, 2.05) is 5.32 Å². The van der Waals surface area contributed by atoms with Crippen LogP contribution in [0.4, 0.5) is 31.5 Å². The summed E-state index contributed by atoms with van der Waals surface area (Å²) >= 11 is -0.0958. The topological polar surface area (TPSA) is 62.2 Å². The van der Waals surface area contributed by atoms with Gasteiger partial charge in [-0.1, -0.05) is 18.3 Å². The van der Waals surface area contributed by atoms with E-state index in [1.54, 1.807) is 0 Å². The number of aliphatic hydroxyl groups is 1. The van der Waals surface area contributed by atoms with E-state index in [-0.39, 0.29) is 24.0 Å². The summed E-state index contributed by atoms with van der Waals surface area (Å²) in [6.45, 7) is 1.44. The van der Waals surface area contributed by atoms with E-state index >= 15 is 0 Å². The minimum absolute atomic E-state index is 0.0300. The summed E-state index contributed by atoms with van der Waals surface area (Å²) in [5.41, 5.74) is -5.02. The number of hydrogen-bond acceptors (Lipinski definition) is 4. The Balaban J connectivity index is 3.22. The third-order valence-electron chi connectivity index (χ3n) is 2.25. The zero-order chi connectivity index (χ0) is 15.8. The molecule has 0 aliphatic rings. The first kappa shape index (κ1) is 16.7. The van der Waals surface area contributed by atoms with Crippen LogP contribution in [0.5, 0.6) is 0 Å². The lowest BCUT2D eigenvalue weighted by atomic mass is 10.0. The van der Waals surface area contributed by atoms with Crippen LogP contribution in [-0.4, -0.2) is 28.4 Å². The van der Waals surface area contributed by atoms with Crippen molar-refractivity contribution in [3.05, 3.63) is 11.1 Å². The molecule has 2 N–H and O–H groups in total. The molecular weight excluding hydrogens is 314 g/mol. The molecule has 0 bridgehead atoms. The second-order valence-corrected chi connectivity index (χ2v) is 4.67. The Labute approximate surface area is 112 Å². The minimum atomic E-state index is -5.97. The average Bonchev–Trinajstić information content (AvgIpc) is 2.73. The summed E-state index contributed by atoms with van der Waals surface area (Å²) in [6.07, 6.45) is -11.7. The molecular formula is C9H8F6N2O2S. The third-order valence-corrected chi connectivity index (χ3v) is 3.27. The summed E-state index contributed by atoms with van der Waals surface area (Å²) in [7, 11) is 0. The van der Waals surface area contributed by atoms with Gasteiger partial charge in [0, 0.05) is 12.6 Å². The van der Waals surface area contributed by atoms with Crippen molar-refractivity contribution in [1.82, 2.24) is 4.98 Å². The van der Waals surface area contributed by atoms with Crippen molar-refractivity contribution >= 4 is 22.4 Å². The van der Waals surface area contributed by atoms with E-state index in [2.05, 4.69) is 4.98 Å². The van der Waals surface area contributed by atoms with Crippen LogP contribution in [0.15, 0.2) is 6.20 Å². The van der Waals surface area contributed by atoms with Crippen LogP contribution < -0.4 is 5.32 Å². The molecule has 1 rings (SSSR count). The number of hydrogen-bond donors (Lipinski definition) is 2. The predicted octanol–water partition coefficient (Wildman–Crippen LogP) is 2.80. The van der Waals surface area contributed by atoms with Gasteiger partial charge in [-0.3, -0.25) is 4.79 Å². The highest BCUT2D eigenvalue weighted by Gasteiger charge is 2.72. The standard InChI is InChI=1S/C9H8F6N2O2S/c1-2-5(18)17-6-16-3-4(20-6)7(19,8(10,11)12)9(13,14)15/h3,19H,2H2,1H3,(H,16,17,18). The molecule has 1 aromatic rings. The Morgan fingerprint density at radius 2 is 1.80 bits per heavy atom. The van der Waals surface area contributed by atoms with Gasteiger partial charge in [-0.2, -0.15) is 26.3 Å². The number of rotatable bonds is 3. The maximum absolute atomic E-state index is 12.5. The van der Waals surface area contributed by atoms with Crippen LogP contribution in [0.25, 0.3) is 0 Å². The van der Waals surface area contributed by atoms with E-state index in [9.17, 15) is 31.1 Å². The lowest BCUT2D eigenvalue weighted by Gasteiger charge is -2.30. The van der Waals surface area contributed by atoms with Crippen LogP contribution in [0, 0.1) is 0 Å². The van der Waals surface area contributed by atoms with Crippen molar-refractivity contribution in [3.8, 4) is 0 Å². The number of alkyl halides is 6. The molecule has 1 heterocycles. The summed E-state index contributed by atoms with van der Waals surface area (Å²) in [5.74, 6) is -0.631. The van der Waals surface area contributed by atoms with Gasteiger partial charge in [-0.25, -0.2) is 4.98 Å². The SMILES string of the molecule is CCC(=O)Nc1ncc(C(O)(C(F)(F)F)C(F)(F)F)s1. The van der Waals surface area contributed by atoms with E-state index in [0.717, 1.165) is 0 Å². The fourth-order valence-corrected chi connectivity index (χ4v) is 2.11. The first-order valence-corrected chi connectivity index (χ1v) is 5.87. The molecule has 0 aromatic carbocycles. The Kier molecular flexibility index (Phi) is 4.34. The minimum Gasteiger partial charge on any atom is -0.369 e. The predicted molar refractivity (Wildman–Crippen MR) is 57.0 cm³/mol. The maximum Gasteiger partial charge on any atom is 0.431 e. The molecule has 0 saturated heterocycles. The van der Waals surface area contributed by atoms with Crippen molar-refractivity contribution in [2.24, 2.45) is 0 Å². The van der Waals surface area contributed by atoms with Crippen LogP contribution in [0.3, 0.4) is 0 Å². The van der Waals surface area contributed by atoms with Crippen molar-refractivity contribution in [2.45, 2.75) is 31.3 Å². The van der Waals surface area contributed by atoms with Gasteiger partial charge >= 0.3 is 12.4 Å². The number of thiazole rings is 1. The van der Waals surface area contributed by atoms with Crippen molar-refractivity contribution in [3.63, 3.8) is 0 Å². The molecule has 114 valence electrons. The van der Waals surface area contributed by atoms with Gasteiger partial charge in [0.05, 0.1) is 4.88 Å². The molecule has 1 aromatic heterocycles. The van der Waals surface area contributed by atoms with Crippen LogP contribution in [0.1, 0.15) is 18.2 Å². The Morgan fingerprint density at radius 3 is 2.20 bits per heavy atom. The largest absolute Gasteiger partial charge is 0.431 e. The molecule has 0 aliphatic carbocycles. The first-order valence-electron chi connectivity index (χ1n) is 5.05. The van der Waals surface area contributed by atoms with Crippen molar-refractivity contribution < 1.29 is 36.2 Å². The second-order valence-electron chi connectivity index (χ2n) is 3.64. The average molecular weight is 322 g/mol. The molecule has 0 aliphatic heterocycles. The summed E-state index contributed by atoms with van der Waals surface area (Å²) in [5, 5.41) is 10.6. The number of anilines is 1. The maximum atomic E-state index is 12.5. The Morgan fingerprint density at radius 1 is 1.30 bits per heavy atom. The normalized spacial score (nSPS) is 13.4. The van der Waals surface area contributed by atoms with Crippen LogP contribution in [0.2, 0.25) is 0 Å². The summed E-state index contributed by atoms with van der Waals surface area (Å²) < 4.78 is 75.3. The van der Waals surface area contributed by atoms with Gasteiger partial charge in [-0.15, -0.1) is 0 Å². The number of nitrogens with one attached hydrogen (secondary N) is 1. The molecule has 11 heteroatoms. The number of carbonyl (C=O) groups is 1. The van der Waals surface area contributed by atoms with E-state index in [1.165, 1.54) is 6.92 Å². The number of nitrogens with zero attached hydrogens (tertiary/aromatic N) is 1. The van der Waals surface area contributed by atoms with E-state index < -0.39 is 33.9 Å². The van der Waals surface area contributed by atoms with E-state index in [0.29, 0.717) is 0 Å². The lowest BCUT2D eigenvalue weighted by Crippen LogP contribution is -2.53. The number of aromatic nitrogens is 1. The molecule has 0 unspecified atom stereocenters. The first-order chi connectivity index (χ1) is 8.93. The molecule has 4 nitrogen and oxygen atoms in total. The monoisotopic (exact) mass is 322 g/mol. The van der Waals surface area contributed by atoms with Gasteiger partial charge in [0.2, 0.25) is 5.91 Å². The molecule has 20 heavy (non-hydrogen) atoms. The van der Waals surface area contributed by atoms with Crippen molar-refractivity contribution in [2.75, 3.05) is 5.32 Å². The van der Waals surface area contributed by atoms with Crippen LogP contribution in [-0.2, 0) is 10.4 Å². The van der Waals surface area contributed by atoms with Gasteiger partial charge < -0.3 is 10.4 Å². The zero-order valence-electron chi connectivity index (χ0n) is 9.76. The fourth-order valence-electron chi connectivity index (χ4n) is 1.15. The smallest absolute Gasteiger partial charge is 0.369 e. The molecule has 0 atom stereocenters. The Bertz CT molecular complexity index is 481. The number of halogens is 6. The van der Waals surface area contributed by atoms with Gasteiger partial charge in [0.1, 0.15) is 0 Å². The Hall–Kier alpha value is -1.36. The van der Waals surface area contributed by atoms with Crippen LogP contribution >= 0.6 is 11.3 Å². The molecule has 0 fully saturated rings. The molecule has 0 saturated carbocycles.